The number of nitrogens with one attached hydrogen (secondary N) is 1. The maximum atomic E-state index is 14.1. The molecule has 202 valence electrons. The van der Waals surface area contributed by atoms with Gasteiger partial charge in [0.15, 0.2) is 5.76 Å². The first-order valence-corrected chi connectivity index (χ1v) is 12.8. The molecule has 39 heavy (non-hydrogen) atoms. The maximum absolute atomic E-state index is 14.1. The van der Waals surface area contributed by atoms with Gasteiger partial charge in [0.25, 0.3) is 0 Å². The lowest BCUT2D eigenvalue weighted by Gasteiger charge is -2.15. The van der Waals surface area contributed by atoms with Crippen LogP contribution in [0.25, 0.3) is 22.5 Å². The molecule has 0 radical (unpaired) electrons. The van der Waals surface area contributed by atoms with E-state index < -0.39 is 18.0 Å². The summed E-state index contributed by atoms with van der Waals surface area (Å²) in [4.78, 5) is 24.7. The van der Waals surface area contributed by atoms with Crippen LogP contribution < -0.4 is 5.32 Å². The van der Waals surface area contributed by atoms with E-state index in [4.69, 9.17) is 14.0 Å². The fourth-order valence-corrected chi connectivity index (χ4v) is 4.36. The van der Waals surface area contributed by atoms with Crippen LogP contribution in [0.4, 0.5) is 14.9 Å². The summed E-state index contributed by atoms with van der Waals surface area (Å²) in [6.07, 6.45) is -1.54. The molecule has 0 saturated carbocycles. The van der Waals surface area contributed by atoms with Crippen LogP contribution in [0.1, 0.15) is 55.2 Å². The summed E-state index contributed by atoms with van der Waals surface area (Å²) >= 11 is 0. The van der Waals surface area contributed by atoms with Gasteiger partial charge in [-0.05, 0) is 69.0 Å². The van der Waals surface area contributed by atoms with Crippen molar-refractivity contribution in [2.45, 2.75) is 46.6 Å². The Labute approximate surface area is 226 Å². The summed E-state index contributed by atoms with van der Waals surface area (Å²) < 4.78 is 30.2. The van der Waals surface area contributed by atoms with Crippen molar-refractivity contribution in [3.8, 4) is 22.5 Å². The van der Waals surface area contributed by atoms with E-state index in [1.807, 2.05) is 56.3 Å². The molecule has 1 heterocycles. The second kappa shape index (κ2) is 11.9. The minimum atomic E-state index is -0.789. The highest BCUT2D eigenvalue weighted by atomic mass is 19.1. The molecule has 8 heteroatoms. The van der Waals surface area contributed by atoms with Crippen molar-refractivity contribution in [3.63, 3.8) is 0 Å². The molecule has 1 unspecified atom stereocenters. The van der Waals surface area contributed by atoms with Crippen LogP contribution in [0.3, 0.4) is 0 Å². The van der Waals surface area contributed by atoms with Crippen molar-refractivity contribution in [2.24, 2.45) is 0 Å². The summed E-state index contributed by atoms with van der Waals surface area (Å²) in [5.41, 5.74) is 5.74. The number of hydrogen-bond acceptors (Lipinski definition) is 6. The number of carbonyl (C=O) groups excluding carboxylic acids is 2. The minimum Gasteiger partial charge on any atom is -0.466 e. The third kappa shape index (κ3) is 6.17. The van der Waals surface area contributed by atoms with E-state index in [0.29, 0.717) is 23.7 Å². The van der Waals surface area contributed by atoms with Gasteiger partial charge in [-0.3, -0.25) is 10.1 Å². The predicted molar refractivity (Wildman–Crippen MR) is 147 cm³/mol. The molecule has 1 N–H and O–H groups in total. The largest absolute Gasteiger partial charge is 0.466 e. The Morgan fingerprint density at radius 3 is 2.36 bits per heavy atom. The molecule has 1 amide bonds. The minimum absolute atomic E-state index is 0.247. The van der Waals surface area contributed by atoms with Crippen LogP contribution in [0, 0.1) is 19.7 Å². The average molecular weight is 531 g/mol. The molecule has 0 saturated heterocycles. The van der Waals surface area contributed by atoms with Crippen LogP contribution in [0.5, 0.6) is 0 Å². The standard InChI is InChI=1S/C31H31FN2O5/c1-6-37-30(35)19(3)22-11-13-23(14-12-22)25-16-15-24(17-18(25)2)29-28(20(4)34-39-29)33-31(36)38-21(5)26-9-7-8-10-27(26)32/h7-17,19,21H,6H2,1-5H3,(H,33,36)/t19?,21-/m1/s1. The first-order valence-electron chi connectivity index (χ1n) is 12.8. The molecule has 3 aromatic carbocycles. The molecule has 0 fully saturated rings. The normalized spacial score (nSPS) is 12.5. The van der Waals surface area contributed by atoms with Gasteiger partial charge in [-0.25, -0.2) is 9.18 Å². The number of amides is 1. The van der Waals surface area contributed by atoms with E-state index in [9.17, 15) is 14.0 Å². The summed E-state index contributed by atoms with van der Waals surface area (Å²) in [5.74, 6) is -0.651. The third-order valence-corrected chi connectivity index (χ3v) is 6.57. The van der Waals surface area contributed by atoms with Gasteiger partial charge < -0.3 is 14.0 Å². The van der Waals surface area contributed by atoms with Crippen molar-refractivity contribution < 1.29 is 28.0 Å². The zero-order valence-electron chi connectivity index (χ0n) is 22.6. The Morgan fingerprint density at radius 2 is 1.69 bits per heavy atom. The van der Waals surface area contributed by atoms with E-state index >= 15 is 0 Å². The fraction of sp³-hybridized carbons (Fsp3) is 0.258. The zero-order valence-corrected chi connectivity index (χ0v) is 22.6. The number of nitrogens with zero attached hydrogens (tertiary/aromatic N) is 1. The summed E-state index contributed by atoms with van der Waals surface area (Å²) in [7, 11) is 0. The van der Waals surface area contributed by atoms with Crippen LogP contribution in [0.2, 0.25) is 0 Å². The second-order valence-electron chi connectivity index (χ2n) is 9.29. The Morgan fingerprint density at radius 1 is 1.00 bits per heavy atom. The highest BCUT2D eigenvalue weighted by Gasteiger charge is 2.22. The highest BCUT2D eigenvalue weighted by Crippen LogP contribution is 2.35. The quantitative estimate of drug-likeness (QED) is 0.234. The smallest absolute Gasteiger partial charge is 0.412 e. The van der Waals surface area contributed by atoms with Crippen LogP contribution in [-0.4, -0.2) is 23.8 Å². The van der Waals surface area contributed by atoms with Crippen molar-refractivity contribution in [1.29, 1.82) is 0 Å². The van der Waals surface area contributed by atoms with Crippen molar-refractivity contribution in [2.75, 3.05) is 11.9 Å². The van der Waals surface area contributed by atoms with Crippen LogP contribution >= 0.6 is 0 Å². The Balaban J connectivity index is 1.51. The maximum Gasteiger partial charge on any atom is 0.412 e. The zero-order chi connectivity index (χ0) is 28.1. The third-order valence-electron chi connectivity index (χ3n) is 6.57. The molecular weight excluding hydrogens is 499 g/mol. The Hall–Kier alpha value is -4.46. The van der Waals surface area contributed by atoms with Crippen molar-refractivity contribution in [3.05, 3.63) is 94.9 Å². The van der Waals surface area contributed by atoms with Crippen LogP contribution in [0.15, 0.2) is 71.3 Å². The van der Waals surface area contributed by atoms with Gasteiger partial charge in [0, 0.05) is 11.1 Å². The first kappa shape index (κ1) is 27.6. The summed E-state index contributed by atoms with van der Waals surface area (Å²) in [6, 6.07) is 19.8. The lowest BCUT2D eigenvalue weighted by atomic mass is 9.94. The van der Waals surface area contributed by atoms with Crippen molar-refractivity contribution in [1.82, 2.24) is 5.16 Å². The first-order chi connectivity index (χ1) is 18.7. The molecule has 2 atom stereocenters. The number of hydrogen-bond donors (Lipinski definition) is 1. The topological polar surface area (TPSA) is 90.7 Å². The van der Waals surface area contributed by atoms with E-state index in [1.165, 1.54) is 6.07 Å². The fourth-order valence-electron chi connectivity index (χ4n) is 4.36. The number of rotatable bonds is 8. The van der Waals surface area contributed by atoms with E-state index in [1.54, 1.807) is 39.0 Å². The van der Waals surface area contributed by atoms with Gasteiger partial charge in [0.2, 0.25) is 0 Å². The summed E-state index contributed by atoms with van der Waals surface area (Å²) in [5, 5.41) is 6.72. The number of halogens is 1. The molecular formula is C31H31FN2O5. The predicted octanol–water partition coefficient (Wildman–Crippen LogP) is 7.74. The van der Waals surface area contributed by atoms with Gasteiger partial charge in [0.1, 0.15) is 23.3 Å². The molecule has 0 aliphatic carbocycles. The Bertz CT molecular complexity index is 1480. The van der Waals surface area contributed by atoms with Gasteiger partial charge in [-0.15, -0.1) is 0 Å². The number of anilines is 1. The number of esters is 1. The molecule has 0 bridgehead atoms. The lowest BCUT2D eigenvalue weighted by molar-refractivity contribution is -0.144. The second-order valence-corrected chi connectivity index (χ2v) is 9.29. The molecule has 1 aromatic heterocycles. The average Bonchev–Trinajstić information content (AvgIpc) is 3.28. The lowest BCUT2D eigenvalue weighted by Crippen LogP contribution is -2.17. The molecule has 7 nitrogen and oxygen atoms in total. The number of aromatic nitrogens is 1. The van der Waals surface area contributed by atoms with Gasteiger partial charge in [0.05, 0.1) is 12.5 Å². The molecule has 4 aromatic rings. The monoisotopic (exact) mass is 530 g/mol. The van der Waals surface area contributed by atoms with E-state index in [2.05, 4.69) is 10.5 Å². The van der Waals surface area contributed by atoms with E-state index in [-0.39, 0.29) is 17.5 Å². The molecule has 0 spiro atoms. The van der Waals surface area contributed by atoms with E-state index in [0.717, 1.165) is 27.8 Å². The van der Waals surface area contributed by atoms with Gasteiger partial charge in [-0.2, -0.15) is 0 Å². The number of aryl methyl sites for hydroxylation is 2. The van der Waals surface area contributed by atoms with Crippen molar-refractivity contribution >= 4 is 17.7 Å². The molecule has 0 aliphatic heterocycles. The SMILES string of the molecule is CCOC(=O)C(C)c1ccc(-c2ccc(-c3onc(C)c3NC(=O)O[C@H](C)c3ccccc3F)cc2C)cc1. The van der Waals surface area contributed by atoms with Gasteiger partial charge >= 0.3 is 12.1 Å². The molecule has 4 rings (SSSR count). The number of carbonyl (C=O) groups is 2. The van der Waals surface area contributed by atoms with Crippen LogP contribution in [-0.2, 0) is 14.3 Å². The highest BCUT2D eigenvalue weighted by molar-refractivity contribution is 5.91. The number of ether oxygens (including phenoxy) is 2. The van der Waals surface area contributed by atoms with Gasteiger partial charge in [-0.1, -0.05) is 59.8 Å². The number of benzene rings is 3. The Kier molecular flexibility index (Phi) is 8.44. The summed E-state index contributed by atoms with van der Waals surface area (Å²) in [6.45, 7) is 9.26. The molecule has 0 aliphatic rings.